The third-order valence-corrected chi connectivity index (χ3v) is 3.97. The molecule has 0 atom stereocenters. The summed E-state index contributed by atoms with van der Waals surface area (Å²) >= 11 is 0. The lowest BCUT2D eigenvalue weighted by Crippen LogP contribution is -2.45. The van der Waals surface area contributed by atoms with Crippen molar-refractivity contribution >= 4 is 0 Å². The summed E-state index contributed by atoms with van der Waals surface area (Å²) in [5.41, 5.74) is 2.50. The molecule has 0 saturated heterocycles. The molecule has 23 heavy (non-hydrogen) atoms. The van der Waals surface area contributed by atoms with Crippen LogP contribution < -0.4 is 9.47 Å². The van der Waals surface area contributed by atoms with Crippen LogP contribution in [0.4, 0.5) is 0 Å². The van der Waals surface area contributed by atoms with E-state index in [0.29, 0.717) is 13.2 Å². The summed E-state index contributed by atoms with van der Waals surface area (Å²) < 4.78 is 12.5. The van der Waals surface area contributed by atoms with Gasteiger partial charge in [-0.05, 0) is 38.1 Å². The standard InChI is InChI=1S/C20H28NO2/c1-17-5-9-19(10-6-17)22-15-13-21(3,4)14-16-23-20-11-7-18(2)8-12-20/h5-12H,13-16H2,1-4H3/q+1. The Balaban J connectivity index is 1.69. The molecule has 0 heterocycles. The van der Waals surface area contributed by atoms with Crippen LogP contribution in [0.5, 0.6) is 11.5 Å². The van der Waals surface area contributed by atoms with Crippen LogP contribution in [0.25, 0.3) is 0 Å². The molecular formula is C20H28NO2+. The third-order valence-electron chi connectivity index (χ3n) is 3.97. The molecule has 0 fully saturated rings. The van der Waals surface area contributed by atoms with Crippen molar-refractivity contribution in [3.63, 3.8) is 0 Å². The molecule has 0 radical (unpaired) electrons. The monoisotopic (exact) mass is 314 g/mol. The Morgan fingerprint density at radius 1 is 0.652 bits per heavy atom. The molecule has 0 aliphatic rings. The maximum Gasteiger partial charge on any atom is 0.137 e. The smallest absolute Gasteiger partial charge is 0.137 e. The van der Waals surface area contributed by atoms with Crippen LogP contribution >= 0.6 is 0 Å². The van der Waals surface area contributed by atoms with Crippen molar-refractivity contribution in [3.8, 4) is 11.5 Å². The number of nitrogens with zero attached hydrogens (tertiary/aromatic N) is 1. The molecule has 0 spiro atoms. The van der Waals surface area contributed by atoms with E-state index in [1.54, 1.807) is 0 Å². The van der Waals surface area contributed by atoms with E-state index >= 15 is 0 Å². The Kier molecular flexibility index (Phi) is 6.05. The summed E-state index contributed by atoms with van der Waals surface area (Å²) in [4.78, 5) is 0. The highest BCUT2D eigenvalue weighted by molar-refractivity contribution is 5.26. The van der Waals surface area contributed by atoms with Crippen molar-refractivity contribution < 1.29 is 14.0 Å². The minimum atomic E-state index is 0.709. The molecular weight excluding hydrogens is 286 g/mol. The topological polar surface area (TPSA) is 18.5 Å². The quantitative estimate of drug-likeness (QED) is 0.689. The molecule has 0 bridgehead atoms. The van der Waals surface area contributed by atoms with Gasteiger partial charge in [-0.1, -0.05) is 35.4 Å². The Hall–Kier alpha value is -2.00. The van der Waals surface area contributed by atoms with E-state index in [-0.39, 0.29) is 0 Å². The maximum absolute atomic E-state index is 5.82. The fourth-order valence-electron chi connectivity index (χ4n) is 2.20. The van der Waals surface area contributed by atoms with Gasteiger partial charge < -0.3 is 14.0 Å². The van der Waals surface area contributed by atoms with Crippen molar-refractivity contribution in [1.29, 1.82) is 0 Å². The molecule has 2 rings (SSSR count). The zero-order chi connectivity index (χ0) is 16.7. The van der Waals surface area contributed by atoms with E-state index in [2.05, 4.69) is 52.2 Å². The summed E-state index contributed by atoms with van der Waals surface area (Å²) in [6.07, 6.45) is 0. The van der Waals surface area contributed by atoms with E-state index in [4.69, 9.17) is 9.47 Å². The van der Waals surface area contributed by atoms with Crippen molar-refractivity contribution in [2.45, 2.75) is 13.8 Å². The van der Waals surface area contributed by atoms with E-state index in [1.807, 2.05) is 24.3 Å². The second kappa shape index (κ2) is 8.02. The highest BCUT2D eigenvalue weighted by atomic mass is 16.5. The molecule has 124 valence electrons. The number of benzene rings is 2. The van der Waals surface area contributed by atoms with Crippen LogP contribution in [0.1, 0.15) is 11.1 Å². The lowest BCUT2D eigenvalue weighted by molar-refractivity contribution is -0.890. The fourth-order valence-corrected chi connectivity index (χ4v) is 2.20. The number of hydrogen-bond acceptors (Lipinski definition) is 2. The molecule has 2 aromatic rings. The third kappa shape index (κ3) is 6.33. The largest absolute Gasteiger partial charge is 0.488 e. The van der Waals surface area contributed by atoms with E-state index in [9.17, 15) is 0 Å². The number of ether oxygens (including phenoxy) is 2. The zero-order valence-electron chi connectivity index (χ0n) is 14.7. The van der Waals surface area contributed by atoms with Crippen LogP contribution in [-0.2, 0) is 0 Å². The summed E-state index contributed by atoms with van der Waals surface area (Å²) in [5, 5.41) is 0. The minimum Gasteiger partial charge on any atom is -0.488 e. The first kappa shape index (κ1) is 17.4. The van der Waals surface area contributed by atoms with Crippen molar-refractivity contribution in [3.05, 3.63) is 59.7 Å². The first-order chi connectivity index (χ1) is 10.9. The Morgan fingerprint density at radius 3 is 1.35 bits per heavy atom. The summed E-state index contributed by atoms with van der Waals surface area (Å²) in [7, 11) is 4.41. The number of quaternary nitrogens is 1. The maximum atomic E-state index is 5.82. The first-order valence-corrected chi connectivity index (χ1v) is 8.16. The minimum absolute atomic E-state index is 0.709. The molecule has 0 saturated carbocycles. The van der Waals surface area contributed by atoms with Gasteiger partial charge in [-0.15, -0.1) is 0 Å². The summed E-state index contributed by atoms with van der Waals surface area (Å²) in [5.74, 6) is 1.87. The lowest BCUT2D eigenvalue weighted by Gasteiger charge is -2.29. The molecule has 0 unspecified atom stereocenters. The molecule has 2 aromatic carbocycles. The second-order valence-electron chi connectivity index (χ2n) is 6.71. The van der Waals surface area contributed by atoms with Crippen LogP contribution in [0.2, 0.25) is 0 Å². The first-order valence-electron chi connectivity index (χ1n) is 8.16. The van der Waals surface area contributed by atoms with Gasteiger partial charge >= 0.3 is 0 Å². The van der Waals surface area contributed by atoms with Crippen molar-refractivity contribution in [2.75, 3.05) is 40.4 Å². The molecule has 0 aliphatic heterocycles. The number of aryl methyl sites for hydroxylation is 2. The predicted octanol–water partition coefficient (Wildman–Crippen LogP) is 3.84. The highest BCUT2D eigenvalue weighted by Gasteiger charge is 2.15. The lowest BCUT2D eigenvalue weighted by atomic mass is 10.2. The van der Waals surface area contributed by atoms with Crippen LogP contribution in [0, 0.1) is 13.8 Å². The van der Waals surface area contributed by atoms with Crippen LogP contribution in [0.3, 0.4) is 0 Å². The van der Waals surface area contributed by atoms with Crippen LogP contribution in [0.15, 0.2) is 48.5 Å². The van der Waals surface area contributed by atoms with Gasteiger partial charge in [-0.25, -0.2) is 0 Å². The van der Waals surface area contributed by atoms with Gasteiger partial charge in [0.25, 0.3) is 0 Å². The van der Waals surface area contributed by atoms with Crippen molar-refractivity contribution in [2.24, 2.45) is 0 Å². The predicted molar refractivity (Wildman–Crippen MR) is 95.2 cm³/mol. The number of likely N-dealkylation sites (N-methyl/N-ethyl adjacent to an activating group) is 1. The summed E-state index contributed by atoms with van der Waals surface area (Å²) in [6.45, 7) is 7.48. The van der Waals surface area contributed by atoms with E-state index in [1.165, 1.54) is 11.1 Å². The average Bonchev–Trinajstić information content (AvgIpc) is 2.51. The van der Waals surface area contributed by atoms with Crippen molar-refractivity contribution in [1.82, 2.24) is 0 Å². The summed E-state index contributed by atoms with van der Waals surface area (Å²) in [6, 6.07) is 16.4. The van der Waals surface area contributed by atoms with Gasteiger partial charge in [0.05, 0.1) is 14.1 Å². The normalized spacial score (nSPS) is 11.3. The average molecular weight is 314 g/mol. The van der Waals surface area contributed by atoms with Gasteiger partial charge in [0.1, 0.15) is 37.8 Å². The highest BCUT2D eigenvalue weighted by Crippen LogP contribution is 2.13. The van der Waals surface area contributed by atoms with E-state index < -0.39 is 0 Å². The molecule has 0 aliphatic carbocycles. The van der Waals surface area contributed by atoms with Gasteiger partial charge in [0.2, 0.25) is 0 Å². The Bertz CT molecular complexity index is 535. The van der Waals surface area contributed by atoms with Gasteiger partial charge in [0, 0.05) is 0 Å². The second-order valence-corrected chi connectivity index (χ2v) is 6.71. The van der Waals surface area contributed by atoms with Gasteiger partial charge in [-0.3, -0.25) is 0 Å². The molecule has 0 aromatic heterocycles. The molecule has 3 heteroatoms. The SMILES string of the molecule is Cc1ccc(OCC[N+](C)(C)CCOc2ccc(C)cc2)cc1. The fraction of sp³-hybridized carbons (Fsp3) is 0.400. The number of hydrogen-bond donors (Lipinski definition) is 0. The Labute approximate surface area is 140 Å². The number of rotatable bonds is 8. The zero-order valence-corrected chi connectivity index (χ0v) is 14.7. The molecule has 3 nitrogen and oxygen atoms in total. The van der Waals surface area contributed by atoms with Crippen LogP contribution in [-0.4, -0.2) is 44.9 Å². The van der Waals surface area contributed by atoms with Gasteiger partial charge in [-0.2, -0.15) is 0 Å². The van der Waals surface area contributed by atoms with E-state index in [0.717, 1.165) is 29.1 Å². The Morgan fingerprint density at radius 2 is 1.00 bits per heavy atom. The van der Waals surface area contributed by atoms with Gasteiger partial charge in [0.15, 0.2) is 0 Å². The molecule has 0 amide bonds. The molecule has 0 N–H and O–H groups in total.